The van der Waals surface area contributed by atoms with E-state index < -0.39 is 115 Å². The Bertz CT molecular complexity index is 2960. The lowest BCUT2D eigenvalue weighted by atomic mass is 9.85. The van der Waals surface area contributed by atoms with Gasteiger partial charge in [0.1, 0.15) is 11.1 Å². The van der Waals surface area contributed by atoms with Crippen LogP contribution in [-0.4, -0.2) is 23.7 Å². The largest absolute Gasteiger partial charge is 0.385 e. The van der Waals surface area contributed by atoms with E-state index in [2.05, 4.69) is 0 Å². The second-order valence-electron chi connectivity index (χ2n) is 14.1. The van der Waals surface area contributed by atoms with Crippen LogP contribution in [0.1, 0.15) is 11.1 Å². The van der Waals surface area contributed by atoms with Crippen molar-refractivity contribution >= 4 is 63.0 Å². The van der Waals surface area contributed by atoms with E-state index in [-0.39, 0.29) is 10.8 Å². The van der Waals surface area contributed by atoms with Crippen LogP contribution in [0.2, 0.25) is 0 Å². The monoisotopic (exact) mass is 962 g/mol. The zero-order valence-electron chi connectivity index (χ0n) is 30.5. The Hall–Kier alpha value is -5.64. The van der Waals surface area contributed by atoms with Gasteiger partial charge < -0.3 is 0 Å². The average molecular weight is 963 g/mol. The van der Waals surface area contributed by atoms with Crippen molar-refractivity contribution in [2.45, 2.75) is 35.5 Å². The van der Waals surface area contributed by atoms with Gasteiger partial charge in [-0.3, -0.25) is 0 Å². The van der Waals surface area contributed by atoms with Crippen LogP contribution >= 0.6 is 22.7 Å². The highest BCUT2D eigenvalue weighted by molar-refractivity contribution is 7.26. The minimum Gasteiger partial charge on any atom is -0.203 e. The summed E-state index contributed by atoms with van der Waals surface area (Å²) >= 11 is 2.15. The molecule has 0 amide bonds. The molecule has 2 aromatic heterocycles. The summed E-state index contributed by atoms with van der Waals surface area (Å²) in [4.78, 5) is 0. The van der Waals surface area contributed by atoms with Gasteiger partial charge in [-0.15, -0.1) is 22.7 Å². The predicted octanol–water partition coefficient (Wildman–Crippen LogP) is 16.3. The average Bonchev–Trinajstić information content (AvgIpc) is 3.80. The molecule has 0 bridgehead atoms. The van der Waals surface area contributed by atoms with E-state index in [4.69, 9.17) is 0 Å². The highest BCUT2D eigenvalue weighted by Gasteiger charge is 2.91. The lowest BCUT2D eigenvalue weighted by Gasteiger charge is -2.41. The Balaban J connectivity index is 1.19. The van der Waals surface area contributed by atoms with Gasteiger partial charge in [-0.2, -0.15) is 52.7 Å². The standard InChI is InChI=1S/C42H14F20S2/c43-29-25(15-9-11-23-19(13-15)17-5-1-3-7-21(17)63-23)30(44)34(48)27(33(29)47)37(51,52)39(55,56)41(59,60)42(61,62)40(57,58)38(53,54)28-35(49)31(45)26(32(46)36(28)50)16-10-12-24-20(14-16)18-6-2-4-8-22(18)64-24/h1-14H. The molecular weight excluding hydrogens is 949 g/mol. The molecule has 0 fully saturated rings. The Morgan fingerprint density at radius 3 is 0.891 bits per heavy atom. The Kier molecular flexibility index (Phi) is 10.1. The van der Waals surface area contributed by atoms with Crippen molar-refractivity contribution in [3.05, 3.63) is 143 Å². The first-order valence-electron chi connectivity index (χ1n) is 17.5. The molecule has 0 saturated heterocycles. The van der Waals surface area contributed by atoms with Crippen molar-refractivity contribution in [3.63, 3.8) is 0 Å². The zero-order valence-corrected chi connectivity index (χ0v) is 32.1. The maximum Gasteiger partial charge on any atom is 0.385 e. The second-order valence-corrected chi connectivity index (χ2v) is 16.2. The molecule has 6 aromatic carbocycles. The number of fused-ring (bicyclic) bond motifs is 6. The summed E-state index contributed by atoms with van der Waals surface area (Å²) in [6, 6.07) is 17.5. The topological polar surface area (TPSA) is 0 Å². The van der Waals surface area contributed by atoms with Crippen LogP contribution in [0.5, 0.6) is 0 Å². The summed E-state index contributed by atoms with van der Waals surface area (Å²) in [5.74, 6) is -77.0. The van der Waals surface area contributed by atoms with E-state index >= 15 is 87.8 Å². The van der Waals surface area contributed by atoms with Crippen molar-refractivity contribution in [2.75, 3.05) is 0 Å². The van der Waals surface area contributed by atoms with Crippen LogP contribution < -0.4 is 0 Å². The number of halogens is 20. The third kappa shape index (κ3) is 5.88. The van der Waals surface area contributed by atoms with Gasteiger partial charge in [0.05, 0.1) is 11.1 Å². The van der Waals surface area contributed by atoms with E-state index in [1.807, 2.05) is 0 Å². The number of thiophene rings is 2. The molecule has 2 heterocycles. The first-order valence-corrected chi connectivity index (χ1v) is 19.1. The normalized spacial score (nSPS) is 13.6. The van der Waals surface area contributed by atoms with Crippen LogP contribution in [0, 0.1) is 46.5 Å². The van der Waals surface area contributed by atoms with Gasteiger partial charge >= 0.3 is 35.5 Å². The van der Waals surface area contributed by atoms with Gasteiger partial charge in [-0.05, 0) is 47.5 Å². The summed E-state index contributed by atoms with van der Waals surface area (Å²) in [6.07, 6.45) is 0. The van der Waals surface area contributed by atoms with Crippen LogP contribution in [0.25, 0.3) is 62.6 Å². The Morgan fingerprint density at radius 1 is 0.297 bits per heavy atom. The third-order valence-electron chi connectivity index (χ3n) is 10.5. The van der Waals surface area contributed by atoms with Crippen LogP contribution in [0.15, 0.2) is 84.9 Å². The number of rotatable bonds is 9. The third-order valence-corrected chi connectivity index (χ3v) is 12.8. The van der Waals surface area contributed by atoms with Crippen molar-refractivity contribution in [2.24, 2.45) is 0 Å². The first-order chi connectivity index (χ1) is 29.6. The second kappa shape index (κ2) is 14.4. The van der Waals surface area contributed by atoms with Crippen LogP contribution in [0.3, 0.4) is 0 Å². The number of hydrogen-bond acceptors (Lipinski definition) is 2. The van der Waals surface area contributed by atoms with Crippen LogP contribution in [0.4, 0.5) is 87.8 Å². The van der Waals surface area contributed by atoms with Gasteiger partial charge in [0.15, 0.2) is 46.5 Å². The highest BCUT2D eigenvalue weighted by atomic mass is 32.1. The SMILES string of the molecule is Fc1c(F)c(C(F)(F)C(F)(F)C(F)(F)C(F)(F)C(F)(F)C(F)(F)c2c(F)c(F)c(-c3ccc4sc5ccccc5c4c3)c(F)c2F)c(F)c(F)c1-c1ccc2sc3ccccc3c2c1. The summed E-state index contributed by atoms with van der Waals surface area (Å²) in [6.45, 7) is 0. The molecule has 0 unspecified atom stereocenters. The van der Waals surface area contributed by atoms with Crippen molar-refractivity contribution in [3.8, 4) is 22.3 Å². The summed E-state index contributed by atoms with van der Waals surface area (Å²) in [5, 5.41) is 0.949. The minimum atomic E-state index is -8.77. The van der Waals surface area contributed by atoms with E-state index in [0.717, 1.165) is 59.1 Å². The number of hydrogen-bond donors (Lipinski definition) is 0. The minimum absolute atomic E-state index is 0.115. The quantitative estimate of drug-likeness (QED) is 0.0999. The fourth-order valence-corrected chi connectivity index (χ4v) is 9.36. The van der Waals surface area contributed by atoms with Gasteiger partial charge in [0.25, 0.3) is 0 Å². The zero-order chi connectivity index (χ0) is 47.0. The van der Waals surface area contributed by atoms with E-state index in [9.17, 15) is 0 Å². The smallest absolute Gasteiger partial charge is 0.203 e. The molecule has 0 nitrogen and oxygen atoms in total. The molecule has 8 rings (SSSR count). The summed E-state index contributed by atoms with van der Waals surface area (Å²) < 4.78 is 306. The number of alkyl halides is 12. The summed E-state index contributed by atoms with van der Waals surface area (Å²) in [7, 11) is 0. The van der Waals surface area contributed by atoms with E-state index in [0.29, 0.717) is 29.6 Å². The van der Waals surface area contributed by atoms with Gasteiger partial charge in [-0.25, -0.2) is 35.1 Å². The molecule has 64 heavy (non-hydrogen) atoms. The lowest BCUT2D eigenvalue weighted by Crippen LogP contribution is -2.69. The lowest BCUT2D eigenvalue weighted by molar-refractivity contribution is -0.430. The summed E-state index contributed by atoms with van der Waals surface area (Å²) in [5.41, 5.74) is -13.9. The Labute approximate surface area is 350 Å². The molecular formula is C42H14F20S2. The van der Waals surface area contributed by atoms with Gasteiger partial charge in [-0.1, -0.05) is 48.5 Å². The van der Waals surface area contributed by atoms with Gasteiger partial charge in [0, 0.05) is 40.3 Å². The molecule has 0 aliphatic carbocycles. The highest BCUT2D eigenvalue weighted by Crippen LogP contribution is 2.64. The molecule has 334 valence electrons. The van der Waals surface area contributed by atoms with Crippen molar-refractivity contribution < 1.29 is 87.8 Å². The number of benzene rings is 6. The fourth-order valence-electron chi connectivity index (χ4n) is 7.19. The van der Waals surface area contributed by atoms with Crippen molar-refractivity contribution in [1.29, 1.82) is 0 Å². The molecule has 0 spiro atoms. The molecule has 0 atom stereocenters. The molecule has 22 heteroatoms. The maximum atomic E-state index is 15.4. The van der Waals surface area contributed by atoms with E-state index in [1.54, 1.807) is 24.3 Å². The molecule has 0 radical (unpaired) electrons. The maximum absolute atomic E-state index is 15.4. The Morgan fingerprint density at radius 2 is 0.578 bits per heavy atom. The van der Waals surface area contributed by atoms with Gasteiger partial charge in [0.2, 0.25) is 0 Å². The van der Waals surface area contributed by atoms with Crippen molar-refractivity contribution in [1.82, 2.24) is 0 Å². The first kappa shape index (κ1) is 44.9. The van der Waals surface area contributed by atoms with E-state index in [1.165, 1.54) is 24.3 Å². The van der Waals surface area contributed by atoms with Crippen LogP contribution in [-0.2, 0) is 11.8 Å². The fraction of sp³-hybridized carbons (Fsp3) is 0.143. The molecule has 0 aliphatic rings. The molecule has 8 aromatic rings. The molecule has 0 saturated carbocycles. The molecule has 0 N–H and O–H groups in total. The predicted molar refractivity (Wildman–Crippen MR) is 197 cm³/mol. The molecule has 0 aliphatic heterocycles.